The van der Waals surface area contributed by atoms with Crippen molar-refractivity contribution in [3.05, 3.63) is 40.2 Å². The van der Waals surface area contributed by atoms with Gasteiger partial charge < -0.3 is 65.6 Å². The molecule has 0 bridgehead atoms. The Bertz CT molecular complexity index is 1440. The first-order valence-electron chi connectivity index (χ1n) is 14.3. The largest absolute Gasteiger partial charge is 0.469 e. The predicted molar refractivity (Wildman–Crippen MR) is 158 cm³/mol. The van der Waals surface area contributed by atoms with Crippen molar-refractivity contribution in [1.82, 2.24) is 9.97 Å². The number of phosphoric ester groups is 1. The van der Waals surface area contributed by atoms with Crippen LogP contribution in [0, 0.1) is 0 Å². The number of aliphatic hydroxyl groups excluding tert-OH is 5. The summed E-state index contributed by atoms with van der Waals surface area (Å²) in [7, 11) is -4.84. The molecule has 0 radical (unpaired) electrons. The number of phosphoric acid groups is 1. The molecule has 2 fully saturated rings. The number of aromatic amines is 1. The first-order valence-corrected chi connectivity index (χ1v) is 15.8. The lowest BCUT2D eigenvalue weighted by Crippen LogP contribution is -2.52. The fraction of sp³-hybridized carbons (Fsp3) is 0.615. The molecule has 5 rings (SSSR count). The highest BCUT2D eigenvalue weighted by atomic mass is 31.2. The van der Waals surface area contributed by atoms with Crippen LogP contribution in [-0.2, 0) is 25.0 Å². The number of hydrogen-bond acceptors (Lipinski definition) is 15. The average Bonchev–Trinajstić information content (AvgIpc) is 3.45. The second kappa shape index (κ2) is 13.1. The Morgan fingerprint density at radius 3 is 2.47 bits per heavy atom. The standard InChI is InChI=1S/C26H39N6O12P/c1-11-18-12(2)31(10-32(18)19-23(28-11)29-26(27)30-24(19)38)14-5-3-13(4-6-14)7-15(33)20(35)16(34)8-42-25-22(37)21(36)17(44-25)9-43-45(39,40)41/h3-6,11-12,15-18,20-22,25,33-37H,7-10H2,1-2H3,(H2,39,40,41)(H4,27,28,29,30,38)/t11-,12+,15-,16-,17+,18+,20-,21+,22+,25-/m0/s1. The van der Waals surface area contributed by atoms with E-state index in [4.69, 9.17) is 25.0 Å². The molecule has 1 aromatic carbocycles. The maximum absolute atomic E-state index is 12.7. The highest BCUT2D eigenvalue weighted by Crippen LogP contribution is 2.39. The Balaban J connectivity index is 1.15. The molecular formula is C26H39N6O12P. The molecule has 4 heterocycles. The average molecular weight is 659 g/mol. The number of aromatic nitrogens is 2. The normalized spacial score (nSPS) is 30.0. The van der Waals surface area contributed by atoms with Gasteiger partial charge in [0.05, 0.1) is 38.1 Å². The number of fused-ring (bicyclic) bond motifs is 3. The van der Waals surface area contributed by atoms with E-state index in [9.17, 15) is 34.9 Å². The van der Waals surface area contributed by atoms with Crippen molar-refractivity contribution in [3.63, 3.8) is 0 Å². The zero-order valence-electron chi connectivity index (χ0n) is 24.4. The molecule has 250 valence electrons. The van der Waals surface area contributed by atoms with Crippen molar-refractivity contribution < 1.29 is 53.9 Å². The fourth-order valence-electron chi connectivity index (χ4n) is 6.10. The lowest BCUT2D eigenvalue weighted by atomic mass is 9.98. The maximum Gasteiger partial charge on any atom is 0.469 e. The van der Waals surface area contributed by atoms with Crippen molar-refractivity contribution in [1.29, 1.82) is 0 Å². The van der Waals surface area contributed by atoms with Gasteiger partial charge in [0.1, 0.15) is 36.2 Å². The summed E-state index contributed by atoms with van der Waals surface area (Å²) in [6.07, 6.45) is -10.7. The summed E-state index contributed by atoms with van der Waals surface area (Å²) in [6, 6.07) is 7.27. The van der Waals surface area contributed by atoms with Crippen LogP contribution in [0.15, 0.2) is 29.1 Å². The van der Waals surface area contributed by atoms with Gasteiger partial charge in [-0.05, 0) is 31.5 Å². The molecular weight excluding hydrogens is 619 g/mol. The first kappa shape index (κ1) is 33.5. The predicted octanol–water partition coefficient (Wildman–Crippen LogP) is -2.59. The molecule has 18 nitrogen and oxygen atoms in total. The van der Waals surface area contributed by atoms with Crippen LogP contribution < -0.4 is 26.4 Å². The second-order valence-corrected chi connectivity index (χ2v) is 12.8. The number of H-pyrrole nitrogens is 1. The summed E-state index contributed by atoms with van der Waals surface area (Å²) in [5.41, 5.74) is 7.38. The first-order chi connectivity index (χ1) is 21.1. The second-order valence-electron chi connectivity index (χ2n) is 11.5. The van der Waals surface area contributed by atoms with E-state index in [0.29, 0.717) is 23.7 Å². The van der Waals surface area contributed by atoms with E-state index >= 15 is 0 Å². The van der Waals surface area contributed by atoms with Crippen LogP contribution in [0.3, 0.4) is 0 Å². The third-order valence-corrected chi connectivity index (χ3v) is 8.87. The summed E-state index contributed by atoms with van der Waals surface area (Å²) >= 11 is 0. The van der Waals surface area contributed by atoms with Gasteiger partial charge in [-0.3, -0.25) is 14.3 Å². The van der Waals surface area contributed by atoms with Crippen LogP contribution in [0.2, 0.25) is 0 Å². The number of nitrogens with two attached hydrogens (primary N) is 1. The molecule has 10 atom stereocenters. The quantitative estimate of drug-likeness (QED) is 0.111. The number of nitrogens with zero attached hydrogens (tertiary/aromatic N) is 3. The number of anilines is 4. The van der Waals surface area contributed by atoms with Crippen molar-refractivity contribution in [2.24, 2.45) is 0 Å². The van der Waals surface area contributed by atoms with Gasteiger partial charge in [0, 0.05) is 18.2 Å². The van der Waals surface area contributed by atoms with Crippen LogP contribution in [0.5, 0.6) is 0 Å². The molecule has 0 aliphatic carbocycles. The topological polar surface area (TPSA) is 277 Å². The Labute approximate surface area is 257 Å². The van der Waals surface area contributed by atoms with Gasteiger partial charge in [0.25, 0.3) is 5.56 Å². The van der Waals surface area contributed by atoms with Gasteiger partial charge in [0.15, 0.2) is 12.1 Å². The SMILES string of the molecule is C[C@@H]1Nc2nc(N)[nH]c(=O)c2N2CN(c3ccc(C[C@H](O)[C@H](O)[C@@H](O)CO[C@H]4O[C@H](COP(=O)(O)O)[C@@H](O)[C@H]4O)cc3)[C@H](C)[C@@H]12. The van der Waals surface area contributed by atoms with Crippen LogP contribution in [0.4, 0.5) is 23.1 Å². The number of benzene rings is 1. The maximum atomic E-state index is 12.7. The van der Waals surface area contributed by atoms with Crippen molar-refractivity contribution >= 4 is 31.0 Å². The molecule has 11 N–H and O–H groups in total. The zero-order chi connectivity index (χ0) is 32.8. The molecule has 3 aliphatic rings. The van der Waals surface area contributed by atoms with Crippen LogP contribution in [-0.4, -0.2) is 126 Å². The van der Waals surface area contributed by atoms with Gasteiger partial charge in [-0.2, -0.15) is 4.98 Å². The minimum atomic E-state index is -4.84. The molecule has 2 aromatic rings. The summed E-state index contributed by atoms with van der Waals surface area (Å²) < 4.78 is 25.6. The molecule has 0 saturated carbocycles. The van der Waals surface area contributed by atoms with E-state index in [2.05, 4.69) is 31.6 Å². The molecule has 0 spiro atoms. The van der Waals surface area contributed by atoms with E-state index in [0.717, 1.165) is 5.69 Å². The Kier molecular flexibility index (Phi) is 9.74. The van der Waals surface area contributed by atoms with Crippen LogP contribution >= 0.6 is 7.82 Å². The van der Waals surface area contributed by atoms with Crippen molar-refractivity contribution in [2.75, 3.05) is 40.7 Å². The highest BCUT2D eigenvalue weighted by Gasteiger charge is 2.46. The summed E-state index contributed by atoms with van der Waals surface area (Å²) in [6.45, 7) is 3.20. The highest BCUT2D eigenvalue weighted by molar-refractivity contribution is 7.46. The Morgan fingerprint density at radius 1 is 1.11 bits per heavy atom. The fourth-order valence-corrected chi connectivity index (χ4v) is 6.44. The van der Waals surface area contributed by atoms with E-state index in [1.165, 1.54) is 0 Å². The lowest BCUT2D eigenvalue weighted by Gasteiger charge is -2.37. The van der Waals surface area contributed by atoms with Crippen molar-refractivity contribution in [3.8, 4) is 0 Å². The molecule has 19 heteroatoms. The van der Waals surface area contributed by atoms with Crippen LogP contribution in [0.25, 0.3) is 0 Å². The number of hydrogen-bond donors (Lipinski definition) is 10. The van der Waals surface area contributed by atoms with Gasteiger partial charge in [-0.25, -0.2) is 4.57 Å². The Hall–Kier alpha value is -2.87. The lowest BCUT2D eigenvalue weighted by molar-refractivity contribution is -0.192. The number of aliphatic hydroxyl groups is 5. The number of ether oxygens (including phenoxy) is 2. The van der Waals surface area contributed by atoms with E-state index in [1.54, 1.807) is 12.1 Å². The summed E-state index contributed by atoms with van der Waals surface area (Å²) in [5, 5.41) is 54.9. The number of rotatable bonds is 11. The minimum absolute atomic E-state index is 0.0112. The van der Waals surface area contributed by atoms with Gasteiger partial charge in [-0.15, -0.1) is 0 Å². The molecule has 3 aliphatic heterocycles. The van der Waals surface area contributed by atoms with Crippen molar-refractivity contribution in [2.45, 2.75) is 81.3 Å². The molecule has 2 saturated heterocycles. The molecule has 45 heavy (non-hydrogen) atoms. The summed E-state index contributed by atoms with van der Waals surface area (Å²) in [5.74, 6) is 0.471. The smallest absolute Gasteiger partial charge is 0.390 e. The summed E-state index contributed by atoms with van der Waals surface area (Å²) in [4.78, 5) is 41.3. The molecule has 0 amide bonds. The van der Waals surface area contributed by atoms with Gasteiger partial charge in [0.2, 0.25) is 5.95 Å². The molecule has 0 unspecified atom stereocenters. The Morgan fingerprint density at radius 2 is 1.80 bits per heavy atom. The number of nitrogens with one attached hydrogen (secondary N) is 2. The van der Waals surface area contributed by atoms with E-state index < -0.39 is 64.0 Å². The van der Waals surface area contributed by atoms with E-state index in [1.807, 2.05) is 24.0 Å². The molecule has 1 aromatic heterocycles. The monoisotopic (exact) mass is 658 g/mol. The number of nitrogen functional groups attached to an aromatic ring is 1. The third kappa shape index (κ3) is 7.11. The third-order valence-electron chi connectivity index (χ3n) is 8.39. The van der Waals surface area contributed by atoms with Gasteiger partial charge in [-0.1, -0.05) is 12.1 Å². The van der Waals surface area contributed by atoms with E-state index in [-0.39, 0.29) is 36.1 Å². The zero-order valence-corrected chi connectivity index (χ0v) is 25.3. The minimum Gasteiger partial charge on any atom is -0.390 e. The van der Waals surface area contributed by atoms with Gasteiger partial charge >= 0.3 is 7.82 Å². The van der Waals surface area contributed by atoms with Crippen LogP contribution in [0.1, 0.15) is 19.4 Å².